The molecule has 21 heavy (non-hydrogen) atoms. The van der Waals surface area contributed by atoms with Crippen molar-refractivity contribution in [2.75, 3.05) is 10.5 Å². The maximum Gasteiger partial charge on any atom is 0.325 e. The molecule has 3 aromatic rings. The molecule has 0 aromatic heterocycles. The van der Waals surface area contributed by atoms with E-state index in [9.17, 15) is 0 Å². The van der Waals surface area contributed by atoms with Gasteiger partial charge in [-0.1, -0.05) is 48.5 Å². The molecule has 0 bridgehead atoms. The Morgan fingerprint density at radius 2 is 1.33 bits per heavy atom. The van der Waals surface area contributed by atoms with Crippen LogP contribution in [0.5, 0.6) is 0 Å². The largest absolute Gasteiger partial charge is 0.420 e. The van der Waals surface area contributed by atoms with Crippen LogP contribution in [0.15, 0.2) is 66.7 Å². The lowest BCUT2D eigenvalue weighted by Crippen LogP contribution is -2.55. The van der Waals surface area contributed by atoms with Gasteiger partial charge in [0.15, 0.2) is 0 Å². The topological polar surface area (TPSA) is 24.1 Å². The van der Waals surface area contributed by atoms with Gasteiger partial charge in [-0.3, -0.25) is 0 Å². The van der Waals surface area contributed by atoms with Crippen LogP contribution in [0, 0.1) is 0 Å². The van der Waals surface area contributed by atoms with Crippen molar-refractivity contribution >= 4 is 34.8 Å². The molecule has 0 unspecified atom stereocenters. The molecular weight excluding hydrogens is 255 g/mol. The van der Waals surface area contributed by atoms with Crippen LogP contribution in [0.4, 0.5) is 17.1 Å². The number of anilines is 3. The number of fused-ring (bicyclic) bond motifs is 4. The van der Waals surface area contributed by atoms with E-state index in [4.69, 9.17) is 0 Å². The van der Waals surface area contributed by atoms with Crippen molar-refractivity contribution in [3.63, 3.8) is 0 Å². The van der Waals surface area contributed by atoms with Gasteiger partial charge >= 0.3 is 6.85 Å². The maximum atomic E-state index is 3.71. The van der Waals surface area contributed by atoms with Crippen LogP contribution >= 0.6 is 0 Å². The Balaban J connectivity index is 1.85. The molecule has 3 aromatic carbocycles. The first-order valence-corrected chi connectivity index (χ1v) is 7.26. The standard InChI is InChI=1S/C18H13BN2/c1-3-9-15-12(6-1)13-7-5-11-17-18(13)19(21-15)14-8-2-4-10-16(14)20-17/h1-11,20-21H. The normalized spacial score (nSPS) is 13.4. The highest BCUT2D eigenvalue weighted by atomic mass is 14.9. The summed E-state index contributed by atoms with van der Waals surface area (Å²) in [6, 6.07) is 23.6. The number of nitrogens with one attached hydrogen (secondary N) is 2. The highest BCUT2D eigenvalue weighted by molar-refractivity contribution is 6.92. The van der Waals surface area contributed by atoms with Crippen molar-refractivity contribution in [1.29, 1.82) is 0 Å². The van der Waals surface area contributed by atoms with Crippen molar-refractivity contribution in [3.8, 4) is 11.1 Å². The molecule has 0 aliphatic carbocycles. The molecule has 98 valence electrons. The summed E-state index contributed by atoms with van der Waals surface area (Å²) in [6.07, 6.45) is 0. The monoisotopic (exact) mass is 268 g/mol. The van der Waals surface area contributed by atoms with Gasteiger partial charge in [0.25, 0.3) is 0 Å². The Kier molecular flexibility index (Phi) is 2.06. The Morgan fingerprint density at radius 3 is 2.29 bits per heavy atom. The van der Waals surface area contributed by atoms with Gasteiger partial charge in [-0.2, -0.15) is 0 Å². The van der Waals surface area contributed by atoms with Gasteiger partial charge in [0.1, 0.15) is 0 Å². The van der Waals surface area contributed by atoms with Crippen LogP contribution in [0.1, 0.15) is 0 Å². The molecule has 0 saturated carbocycles. The predicted octanol–water partition coefficient (Wildman–Crippen LogP) is 2.94. The molecule has 0 amide bonds. The molecule has 0 fully saturated rings. The maximum absolute atomic E-state index is 3.71. The zero-order chi connectivity index (χ0) is 13.8. The molecular formula is C18H13BN2. The second-order valence-electron chi connectivity index (χ2n) is 5.60. The molecule has 3 heteroatoms. The highest BCUT2D eigenvalue weighted by Crippen LogP contribution is 2.35. The minimum atomic E-state index is 0.226. The van der Waals surface area contributed by atoms with Gasteiger partial charge < -0.3 is 10.5 Å². The average molecular weight is 268 g/mol. The number of rotatable bonds is 0. The summed E-state index contributed by atoms with van der Waals surface area (Å²) in [7, 11) is 0. The molecule has 0 radical (unpaired) electrons. The first-order valence-electron chi connectivity index (χ1n) is 7.26. The second-order valence-corrected chi connectivity index (χ2v) is 5.60. The fraction of sp³-hybridized carbons (Fsp3) is 0. The highest BCUT2D eigenvalue weighted by Gasteiger charge is 2.35. The molecule has 2 aliphatic heterocycles. The summed E-state index contributed by atoms with van der Waals surface area (Å²) in [5.74, 6) is 0. The lowest BCUT2D eigenvalue weighted by molar-refractivity contribution is 1.52. The SMILES string of the molecule is c1ccc2c(c1)Nc1cccc3c1B2Nc1ccccc1-3. The van der Waals surface area contributed by atoms with Gasteiger partial charge in [0.05, 0.1) is 0 Å². The summed E-state index contributed by atoms with van der Waals surface area (Å²) in [5, 5.41) is 7.28. The number of hydrogen-bond acceptors (Lipinski definition) is 2. The van der Waals surface area contributed by atoms with Crippen molar-refractivity contribution < 1.29 is 0 Å². The van der Waals surface area contributed by atoms with Crippen LogP contribution < -0.4 is 21.5 Å². The van der Waals surface area contributed by atoms with E-state index in [-0.39, 0.29) is 6.85 Å². The number of hydrogen-bond donors (Lipinski definition) is 2. The van der Waals surface area contributed by atoms with Crippen LogP contribution in [0.25, 0.3) is 11.1 Å². The lowest BCUT2D eigenvalue weighted by Gasteiger charge is -2.34. The third-order valence-corrected chi connectivity index (χ3v) is 4.45. The summed E-state index contributed by atoms with van der Waals surface area (Å²) in [6.45, 7) is 0.226. The third kappa shape index (κ3) is 1.43. The molecule has 0 saturated heterocycles. The van der Waals surface area contributed by atoms with E-state index in [0.29, 0.717) is 0 Å². The van der Waals surface area contributed by atoms with Gasteiger partial charge in [-0.15, -0.1) is 0 Å². The quantitative estimate of drug-likeness (QED) is 0.612. The van der Waals surface area contributed by atoms with Gasteiger partial charge in [0.2, 0.25) is 0 Å². The predicted molar refractivity (Wildman–Crippen MR) is 90.2 cm³/mol. The van der Waals surface area contributed by atoms with Crippen molar-refractivity contribution in [3.05, 3.63) is 66.7 Å². The fourth-order valence-electron chi connectivity index (χ4n) is 3.53. The summed E-state index contributed by atoms with van der Waals surface area (Å²) in [4.78, 5) is 0. The summed E-state index contributed by atoms with van der Waals surface area (Å²) < 4.78 is 0. The Hall–Kier alpha value is -2.68. The van der Waals surface area contributed by atoms with Gasteiger partial charge in [-0.25, -0.2) is 0 Å². The van der Waals surface area contributed by atoms with E-state index >= 15 is 0 Å². The van der Waals surface area contributed by atoms with E-state index < -0.39 is 0 Å². The van der Waals surface area contributed by atoms with E-state index in [1.54, 1.807) is 0 Å². The fourth-order valence-corrected chi connectivity index (χ4v) is 3.53. The van der Waals surface area contributed by atoms with Crippen LogP contribution in [0.2, 0.25) is 0 Å². The Labute approximate surface area is 123 Å². The van der Waals surface area contributed by atoms with Crippen LogP contribution in [0.3, 0.4) is 0 Å². The number of benzene rings is 3. The van der Waals surface area contributed by atoms with E-state index in [2.05, 4.69) is 77.3 Å². The van der Waals surface area contributed by atoms with Crippen LogP contribution in [-0.2, 0) is 0 Å². The Bertz CT molecular complexity index is 873. The zero-order valence-electron chi connectivity index (χ0n) is 11.4. The second kappa shape index (κ2) is 3.92. The molecule has 0 spiro atoms. The summed E-state index contributed by atoms with van der Waals surface area (Å²) in [5.41, 5.74) is 8.89. The Morgan fingerprint density at radius 1 is 0.619 bits per heavy atom. The number of para-hydroxylation sites is 2. The van der Waals surface area contributed by atoms with E-state index in [1.165, 1.54) is 39.1 Å². The van der Waals surface area contributed by atoms with Crippen LogP contribution in [-0.4, -0.2) is 6.85 Å². The molecule has 2 heterocycles. The molecule has 2 nitrogen and oxygen atoms in total. The molecule has 2 N–H and O–H groups in total. The smallest absolute Gasteiger partial charge is 0.325 e. The van der Waals surface area contributed by atoms with E-state index in [0.717, 1.165) is 0 Å². The van der Waals surface area contributed by atoms with E-state index in [1.807, 2.05) is 0 Å². The molecule has 5 rings (SSSR count). The minimum Gasteiger partial charge on any atom is -0.420 e. The van der Waals surface area contributed by atoms with Gasteiger partial charge in [-0.05, 0) is 34.7 Å². The van der Waals surface area contributed by atoms with Crippen molar-refractivity contribution in [1.82, 2.24) is 0 Å². The first kappa shape index (κ1) is 11.0. The average Bonchev–Trinajstić information content (AvgIpc) is 2.55. The van der Waals surface area contributed by atoms with Crippen molar-refractivity contribution in [2.24, 2.45) is 0 Å². The first-order chi connectivity index (χ1) is 10.4. The molecule has 0 atom stereocenters. The summed E-state index contributed by atoms with van der Waals surface area (Å²) >= 11 is 0. The van der Waals surface area contributed by atoms with Crippen molar-refractivity contribution in [2.45, 2.75) is 0 Å². The minimum absolute atomic E-state index is 0.226. The third-order valence-electron chi connectivity index (χ3n) is 4.45. The zero-order valence-corrected chi connectivity index (χ0v) is 11.4. The van der Waals surface area contributed by atoms with Gasteiger partial charge in [0, 0.05) is 22.6 Å². The molecule has 2 aliphatic rings. The lowest BCUT2D eigenvalue weighted by atomic mass is 9.45.